The predicted molar refractivity (Wildman–Crippen MR) is 138 cm³/mol. The van der Waals surface area contributed by atoms with Gasteiger partial charge in [-0.05, 0) is 86.4 Å². The molecule has 0 radical (unpaired) electrons. The molecule has 31 heavy (non-hydrogen) atoms. The Bertz CT molecular complexity index is 473. The van der Waals surface area contributed by atoms with Crippen molar-refractivity contribution in [2.24, 2.45) is 0 Å². The van der Waals surface area contributed by atoms with Crippen LogP contribution in [0.3, 0.4) is 0 Å². The second kappa shape index (κ2) is 17.5. The van der Waals surface area contributed by atoms with Crippen molar-refractivity contribution in [3.8, 4) is 0 Å². The Morgan fingerprint density at radius 1 is 0.806 bits per heavy atom. The summed E-state index contributed by atoms with van der Waals surface area (Å²) in [4.78, 5) is 0. The normalized spacial score (nSPS) is 12.1. The van der Waals surface area contributed by atoms with Gasteiger partial charge in [-0.2, -0.15) is 0 Å². The monoisotopic (exact) mass is 516 g/mol. The molecule has 0 unspecified atom stereocenters. The molecule has 0 heterocycles. The fourth-order valence-electron chi connectivity index (χ4n) is 2.54. The molecule has 7 nitrogen and oxygen atoms in total. The maximum absolute atomic E-state index is 5.92. The Hall–Kier alpha value is 0.0138. The minimum Gasteiger partial charge on any atom is -0.490 e. The first kappa shape index (κ1) is 33.2. The van der Waals surface area contributed by atoms with Gasteiger partial charge >= 0.3 is 17.4 Å². The van der Waals surface area contributed by atoms with E-state index in [4.69, 9.17) is 56.0 Å². The van der Waals surface area contributed by atoms with Gasteiger partial charge in [0.2, 0.25) is 0 Å². The molecule has 0 atom stereocenters. The molecule has 0 aliphatic carbocycles. The Balaban J connectivity index is 0. The molecule has 0 saturated heterocycles. The van der Waals surface area contributed by atoms with Gasteiger partial charge in [0.05, 0.1) is 13.2 Å². The Morgan fingerprint density at radius 2 is 1.19 bits per heavy atom. The van der Waals surface area contributed by atoms with Crippen molar-refractivity contribution >= 4 is 51.9 Å². The van der Waals surface area contributed by atoms with Gasteiger partial charge in [0.15, 0.2) is 16.3 Å². The third-order valence-corrected chi connectivity index (χ3v) is 9.73. The first-order chi connectivity index (χ1) is 14.2. The molecule has 0 N–H and O–H groups in total. The van der Waals surface area contributed by atoms with Crippen molar-refractivity contribution in [2.75, 3.05) is 26.6 Å². The van der Waals surface area contributed by atoms with Crippen LogP contribution in [0.15, 0.2) is 0 Å². The molecule has 0 saturated carbocycles. The highest BCUT2D eigenvalue weighted by atomic mass is 32.1. The van der Waals surface area contributed by atoms with Gasteiger partial charge in [-0.1, -0.05) is 0 Å². The van der Waals surface area contributed by atoms with Crippen LogP contribution in [0.5, 0.6) is 0 Å². The summed E-state index contributed by atoms with van der Waals surface area (Å²) in [7, 11) is -3.38. The summed E-state index contributed by atoms with van der Waals surface area (Å²) in [5.41, 5.74) is 0. The van der Waals surface area contributed by atoms with E-state index in [9.17, 15) is 0 Å². The molecule has 0 aromatic heterocycles. The molecule has 186 valence electrons. The van der Waals surface area contributed by atoms with Crippen LogP contribution in [-0.4, -0.2) is 72.3 Å². The Kier molecular flexibility index (Phi) is 18.7. The SMILES string of the molecule is CC(=S)OC[Si](OC(C)C)(OC(C)C)OC(C)C.CCO[Si](C)(CC(=S)OC)OCC. The van der Waals surface area contributed by atoms with E-state index in [1.807, 2.05) is 61.9 Å². The number of hydrogen-bond donors (Lipinski definition) is 0. The maximum Gasteiger partial charge on any atom is 0.541 e. The summed E-state index contributed by atoms with van der Waals surface area (Å²) in [6.07, 6.45) is 0.311. The summed E-state index contributed by atoms with van der Waals surface area (Å²) < 4.78 is 39.3. The van der Waals surface area contributed by atoms with Crippen molar-refractivity contribution < 1.29 is 31.6 Å². The molecule has 0 rings (SSSR count). The summed E-state index contributed by atoms with van der Waals surface area (Å²) in [6.45, 7) is 20.7. The minimum atomic E-state index is -2.86. The number of hydrogen-bond acceptors (Lipinski definition) is 9. The van der Waals surface area contributed by atoms with Crippen LogP contribution in [0.1, 0.15) is 62.3 Å². The largest absolute Gasteiger partial charge is 0.541 e. The first-order valence-electron chi connectivity index (χ1n) is 10.8. The van der Waals surface area contributed by atoms with Crippen molar-refractivity contribution in [3.05, 3.63) is 0 Å². The zero-order chi connectivity index (χ0) is 24.7. The van der Waals surface area contributed by atoms with E-state index < -0.39 is 17.4 Å². The van der Waals surface area contributed by atoms with Crippen LogP contribution < -0.4 is 0 Å². The summed E-state index contributed by atoms with van der Waals surface area (Å²) in [6, 6.07) is 0.626. The second-order valence-electron chi connectivity index (χ2n) is 7.72. The van der Waals surface area contributed by atoms with E-state index in [0.717, 1.165) is 0 Å². The molecule has 0 aliphatic rings. The van der Waals surface area contributed by atoms with Crippen LogP contribution in [0, 0.1) is 0 Å². The lowest BCUT2D eigenvalue weighted by Gasteiger charge is -2.33. The molecule has 0 fully saturated rings. The summed E-state index contributed by atoms with van der Waals surface area (Å²) in [5, 5.41) is 1.04. The zero-order valence-corrected chi connectivity index (χ0v) is 24.9. The maximum atomic E-state index is 5.92. The highest BCUT2D eigenvalue weighted by molar-refractivity contribution is 7.80. The first-order valence-corrected chi connectivity index (χ1v) is 16.0. The van der Waals surface area contributed by atoms with Gasteiger partial charge in [0, 0.05) is 38.4 Å². The molecule has 0 aromatic rings. The predicted octanol–water partition coefficient (Wildman–Crippen LogP) is 5.21. The van der Waals surface area contributed by atoms with E-state index in [-0.39, 0.29) is 24.5 Å². The minimum absolute atomic E-state index is 0.0168. The third kappa shape index (κ3) is 18.2. The Morgan fingerprint density at radius 3 is 1.45 bits per heavy atom. The fraction of sp³-hybridized carbons (Fsp3) is 0.900. The average Bonchev–Trinajstić information content (AvgIpc) is 2.58. The highest BCUT2D eigenvalue weighted by Gasteiger charge is 2.46. The molecule has 0 aliphatic heterocycles. The highest BCUT2D eigenvalue weighted by Crippen LogP contribution is 2.18. The summed E-state index contributed by atoms with van der Waals surface area (Å²) in [5.74, 6) is 0. The molecular formula is C20H44O7S2Si2. The quantitative estimate of drug-likeness (QED) is 0.229. The van der Waals surface area contributed by atoms with Crippen LogP contribution in [0.2, 0.25) is 12.6 Å². The number of methoxy groups -OCH3 is 1. The van der Waals surface area contributed by atoms with Gasteiger partial charge in [-0.15, -0.1) is 0 Å². The van der Waals surface area contributed by atoms with Gasteiger partial charge in [-0.25, -0.2) is 0 Å². The molecule has 0 spiro atoms. The lowest BCUT2D eigenvalue weighted by Crippen LogP contribution is -2.55. The lowest BCUT2D eigenvalue weighted by molar-refractivity contribution is -0.00949. The second-order valence-corrected chi connectivity index (χ2v) is 14.3. The molecular weight excluding hydrogens is 473 g/mol. The topological polar surface area (TPSA) is 64.6 Å². The third-order valence-electron chi connectivity index (χ3n) is 3.29. The van der Waals surface area contributed by atoms with Crippen molar-refractivity contribution in [2.45, 2.75) is 93.2 Å². The number of rotatable bonds is 14. The van der Waals surface area contributed by atoms with E-state index in [1.54, 1.807) is 14.0 Å². The fourth-order valence-corrected chi connectivity index (χ4v) is 8.59. The van der Waals surface area contributed by atoms with Gasteiger partial charge in [0.1, 0.15) is 0 Å². The van der Waals surface area contributed by atoms with Crippen molar-refractivity contribution in [3.63, 3.8) is 0 Å². The number of thiocarbonyl (C=S) groups is 2. The van der Waals surface area contributed by atoms with Gasteiger partial charge in [-0.3, -0.25) is 0 Å². The smallest absolute Gasteiger partial charge is 0.490 e. The molecule has 0 bridgehead atoms. The lowest BCUT2D eigenvalue weighted by atomic mass is 10.5. The van der Waals surface area contributed by atoms with Crippen LogP contribution >= 0.6 is 24.4 Å². The molecule has 0 amide bonds. The number of ether oxygens (including phenoxy) is 2. The molecule has 0 aromatic carbocycles. The van der Waals surface area contributed by atoms with Gasteiger partial charge < -0.3 is 31.6 Å². The van der Waals surface area contributed by atoms with Crippen LogP contribution in [-0.2, 0) is 31.6 Å². The van der Waals surface area contributed by atoms with Crippen LogP contribution in [0.25, 0.3) is 0 Å². The van der Waals surface area contributed by atoms with Gasteiger partial charge in [0.25, 0.3) is 0 Å². The van der Waals surface area contributed by atoms with Crippen molar-refractivity contribution in [1.82, 2.24) is 0 Å². The van der Waals surface area contributed by atoms with E-state index >= 15 is 0 Å². The average molecular weight is 517 g/mol. The standard InChI is InChI=1S/C12H26O4SSi.C8H18O3SSi/c1-9(2)14-18(15-10(3)4,16-11(5)6)8-13-12(7)17;1-5-10-13(4,11-6-2)7-8(12)9-3/h9-11H,8H2,1-7H3;5-7H2,1-4H3. The van der Waals surface area contributed by atoms with Crippen molar-refractivity contribution in [1.29, 1.82) is 0 Å². The summed E-state index contributed by atoms with van der Waals surface area (Å²) >= 11 is 9.92. The van der Waals surface area contributed by atoms with E-state index in [2.05, 4.69) is 0 Å². The van der Waals surface area contributed by atoms with E-state index in [1.165, 1.54) is 0 Å². The zero-order valence-electron chi connectivity index (χ0n) is 21.2. The Labute approximate surface area is 203 Å². The molecule has 11 heteroatoms. The van der Waals surface area contributed by atoms with E-state index in [0.29, 0.717) is 29.4 Å². The van der Waals surface area contributed by atoms with Crippen LogP contribution in [0.4, 0.5) is 0 Å².